The van der Waals surface area contributed by atoms with Crippen molar-refractivity contribution >= 4 is 41.0 Å². The fraction of sp³-hybridized carbons (Fsp3) is 0.231. The topological polar surface area (TPSA) is 75.6 Å². The molecule has 0 saturated heterocycles. The van der Waals surface area contributed by atoms with Gasteiger partial charge in [0.15, 0.2) is 0 Å². The van der Waals surface area contributed by atoms with Gasteiger partial charge in [0.1, 0.15) is 0 Å². The summed E-state index contributed by atoms with van der Waals surface area (Å²) in [6.45, 7) is 3.21. The minimum atomic E-state index is -1.34. The monoisotopic (exact) mass is 317 g/mol. The third-order valence-electron chi connectivity index (χ3n) is 2.49. The van der Waals surface area contributed by atoms with Crippen LogP contribution in [0.2, 0.25) is 10.0 Å². The standard InChI is InChI=1S/C13H13Cl2NO4/c1-3-7(2)11(12(17)18)20-13(19)16-10-5-4-8(14)6-9(10)15/h3-6,11H,1-2H3,(H,16,19)(H,17,18). The Balaban J connectivity index is 2.78. The molecule has 5 nitrogen and oxygen atoms in total. The second kappa shape index (κ2) is 7.17. The SMILES string of the molecule is CC=C(C)C(OC(=O)Nc1ccc(Cl)cc1Cl)C(=O)O. The maximum absolute atomic E-state index is 11.7. The maximum atomic E-state index is 11.7. The number of carbonyl (C=O) groups is 2. The van der Waals surface area contributed by atoms with Crippen LogP contribution in [0.4, 0.5) is 10.5 Å². The second-order valence-electron chi connectivity index (χ2n) is 3.91. The van der Waals surface area contributed by atoms with Crippen molar-refractivity contribution in [3.63, 3.8) is 0 Å². The Morgan fingerprint density at radius 2 is 2.05 bits per heavy atom. The van der Waals surface area contributed by atoms with Crippen LogP contribution in [0, 0.1) is 0 Å². The molecule has 0 fully saturated rings. The highest BCUT2D eigenvalue weighted by Gasteiger charge is 2.24. The number of hydrogen-bond donors (Lipinski definition) is 2. The number of benzene rings is 1. The van der Waals surface area contributed by atoms with Gasteiger partial charge in [-0.1, -0.05) is 29.3 Å². The van der Waals surface area contributed by atoms with E-state index >= 15 is 0 Å². The summed E-state index contributed by atoms with van der Waals surface area (Å²) in [7, 11) is 0. The second-order valence-corrected chi connectivity index (χ2v) is 4.75. The third kappa shape index (κ3) is 4.43. The highest BCUT2D eigenvalue weighted by Crippen LogP contribution is 2.25. The molecule has 0 aliphatic rings. The van der Waals surface area contributed by atoms with Crippen LogP contribution in [0.3, 0.4) is 0 Å². The molecule has 1 atom stereocenters. The fourth-order valence-electron chi connectivity index (χ4n) is 1.33. The van der Waals surface area contributed by atoms with E-state index in [-0.39, 0.29) is 10.7 Å². The molecule has 0 bridgehead atoms. The van der Waals surface area contributed by atoms with Crippen molar-refractivity contribution in [3.05, 3.63) is 39.9 Å². The Labute approximate surface area is 126 Å². The number of carboxylic acids is 1. The quantitative estimate of drug-likeness (QED) is 0.824. The first-order valence-electron chi connectivity index (χ1n) is 5.63. The summed E-state index contributed by atoms with van der Waals surface area (Å²) < 4.78 is 4.84. The lowest BCUT2D eigenvalue weighted by Crippen LogP contribution is -2.30. The smallest absolute Gasteiger partial charge is 0.412 e. The van der Waals surface area contributed by atoms with Gasteiger partial charge in [-0.25, -0.2) is 9.59 Å². The average molecular weight is 318 g/mol. The number of allylic oxidation sites excluding steroid dienone is 1. The molecule has 0 aliphatic heterocycles. The minimum absolute atomic E-state index is 0.226. The van der Waals surface area contributed by atoms with Gasteiger partial charge in [-0.3, -0.25) is 5.32 Å². The third-order valence-corrected chi connectivity index (χ3v) is 3.03. The van der Waals surface area contributed by atoms with E-state index < -0.39 is 18.2 Å². The summed E-state index contributed by atoms with van der Waals surface area (Å²) >= 11 is 11.6. The van der Waals surface area contributed by atoms with Crippen LogP contribution in [-0.2, 0) is 9.53 Å². The van der Waals surface area contributed by atoms with Crippen molar-refractivity contribution < 1.29 is 19.4 Å². The number of anilines is 1. The molecule has 1 aromatic carbocycles. The van der Waals surface area contributed by atoms with E-state index in [0.29, 0.717) is 10.6 Å². The Morgan fingerprint density at radius 3 is 2.55 bits per heavy atom. The molecule has 1 unspecified atom stereocenters. The van der Waals surface area contributed by atoms with E-state index in [2.05, 4.69) is 5.32 Å². The van der Waals surface area contributed by atoms with Gasteiger partial charge in [-0.15, -0.1) is 0 Å². The van der Waals surface area contributed by atoms with E-state index in [1.807, 2.05) is 0 Å². The molecule has 2 N–H and O–H groups in total. The molecule has 0 aliphatic carbocycles. The summed E-state index contributed by atoms with van der Waals surface area (Å²) in [4.78, 5) is 22.7. The van der Waals surface area contributed by atoms with Crippen molar-refractivity contribution in [2.24, 2.45) is 0 Å². The highest BCUT2D eigenvalue weighted by atomic mass is 35.5. The number of amides is 1. The van der Waals surface area contributed by atoms with Crippen LogP contribution >= 0.6 is 23.2 Å². The van der Waals surface area contributed by atoms with Crippen molar-refractivity contribution in [1.29, 1.82) is 0 Å². The van der Waals surface area contributed by atoms with Crippen LogP contribution in [0.15, 0.2) is 29.8 Å². The number of carbonyl (C=O) groups excluding carboxylic acids is 1. The number of rotatable bonds is 4. The predicted molar refractivity (Wildman–Crippen MR) is 77.4 cm³/mol. The zero-order chi connectivity index (χ0) is 15.3. The Hall–Kier alpha value is -1.72. The first kappa shape index (κ1) is 16.3. The molecule has 7 heteroatoms. The van der Waals surface area contributed by atoms with Crippen molar-refractivity contribution in [1.82, 2.24) is 0 Å². The minimum Gasteiger partial charge on any atom is -0.478 e. The number of hydrogen-bond acceptors (Lipinski definition) is 3. The summed E-state index contributed by atoms with van der Waals surface area (Å²) in [5.74, 6) is -1.25. The number of ether oxygens (including phenoxy) is 1. The zero-order valence-electron chi connectivity index (χ0n) is 10.8. The fourth-order valence-corrected chi connectivity index (χ4v) is 1.78. The highest BCUT2D eigenvalue weighted by molar-refractivity contribution is 6.36. The lowest BCUT2D eigenvalue weighted by molar-refractivity contribution is -0.144. The van der Waals surface area contributed by atoms with Gasteiger partial charge >= 0.3 is 12.1 Å². The molecule has 1 aromatic rings. The normalized spacial score (nSPS) is 12.7. The number of halogens is 2. The Morgan fingerprint density at radius 1 is 1.40 bits per heavy atom. The molecule has 0 aromatic heterocycles. The first-order valence-corrected chi connectivity index (χ1v) is 6.39. The summed E-state index contributed by atoms with van der Waals surface area (Å²) in [6, 6.07) is 4.48. The summed E-state index contributed by atoms with van der Waals surface area (Å²) in [5, 5.41) is 12.0. The number of carboxylic acid groups (broad SMARTS) is 1. The van der Waals surface area contributed by atoms with Gasteiger partial charge in [0.2, 0.25) is 6.10 Å². The summed E-state index contributed by atoms with van der Waals surface area (Å²) in [6.07, 6.45) is -0.699. The molecule has 0 radical (unpaired) electrons. The average Bonchev–Trinajstić information content (AvgIpc) is 2.38. The molecule has 1 rings (SSSR count). The van der Waals surface area contributed by atoms with Crippen LogP contribution < -0.4 is 5.32 Å². The van der Waals surface area contributed by atoms with Crippen molar-refractivity contribution in [2.75, 3.05) is 5.32 Å². The van der Waals surface area contributed by atoms with Crippen LogP contribution in [0.1, 0.15) is 13.8 Å². The van der Waals surface area contributed by atoms with Gasteiger partial charge in [-0.2, -0.15) is 0 Å². The molecule has 0 saturated carbocycles. The Bertz CT molecular complexity index is 557. The summed E-state index contributed by atoms with van der Waals surface area (Å²) in [5.41, 5.74) is 0.693. The van der Waals surface area contributed by atoms with E-state index in [9.17, 15) is 9.59 Å². The molecular weight excluding hydrogens is 305 g/mol. The van der Waals surface area contributed by atoms with Crippen molar-refractivity contribution in [2.45, 2.75) is 20.0 Å². The van der Waals surface area contributed by atoms with E-state index in [1.54, 1.807) is 19.9 Å². The largest absolute Gasteiger partial charge is 0.478 e. The lowest BCUT2D eigenvalue weighted by atomic mass is 10.1. The van der Waals surface area contributed by atoms with Gasteiger partial charge < -0.3 is 9.84 Å². The van der Waals surface area contributed by atoms with Crippen LogP contribution in [-0.4, -0.2) is 23.3 Å². The van der Waals surface area contributed by atoms with Crippen molar-refractivity contribution in [3.8, 4) is 0 Å². The lowest BCUT2D eigenvalue weighted by Gasteiger charge is -2.15. The van der Waals surface area contributed by atoms with E-state index in [0.717, 1.165) is 0 Å². The first-order chi connectivity index (χ1) is 9.35. The molecule has 108 valence electrons. The van der Waals surface area contributed by atoms with Gasteiger partial charge in [-0.05, 0) is 37.6 Å². The van der Waals surface area contributed by atoms with Gasteiger partial charge in [0.25, 0.3) is 0 Å². The molecule has 20 heavy (non-hydrogen) atoms. The molecule has 0 heterocycles. The Kier molecular flexibility index (Phi) is 5.85. The molecular formula is C13H13Cl2NO4. The number of nitrogens with one attached hydrogen (secondary N) is 1. The molecule has 1 amide bonds. The zero-order valence-corrected chi connectivity index (χ0v) is 12.3. The van der Waals surface area contributed by atoms with E-state index in [1.165, 1.54) is 18.2 Å². The van der Waals surface area contributed by atoms with E-state index in [4.69, 9.17) is 33.0 Å². The predicted octanol–water partition coefficient (Wildman–Crippen LogP) is 3.96. The van der Waals surface area contributed by atoms with Gasteiger partial charge in [0.05, 0.1) is 10.7 Å². The van der Waals surface area contributed by atoms with Crippen LogP contribution in [0.5, 0.6) is 0 Å². The van der Waals surface area contributed by atoms with Gasteiger partial charge in [0, 0.05) is 5.02 Å². The number of aliphatic carboxylic acids is 1. The van der Waals surface area contributed by atoms with Crippen LogP contribution in [0.25, 0.3) is 0 Å². The molecule has 0 spiro atoms. The maximum Gasteiger partial charge on any atom is 0.412 e.